The molecule has 120 valence electrons. The molecule has 0 radical (unpaired) electrons. The van der Waals surface area contributed by atoms with Crippen molar-refractivity contribution in [2.75, 3.05) is 0 Å². The summed E-state index contributed by atoms with van der Waals surface area (Å²) in [6, 6.07) is 9.94. The van der Waals surface area contributed by atoms with Gasteiger partial charge < -0.3 is 5.11 Å². The van der Waals surface area contributed by atoms with Crippen molar-refractivity contribution in [1.82, 2.24) is 14.3 Å². The Kier molecular flexibility index (Phi) is 4.04. The lowest BCUT2D eigenvalue weighted by Crippen LogP contribution is -2.28. The number of nitrogens with zero attached hydrogens (tertiary/aromatic N) is 3. The van der Waals surface area contributed by atoms with E-state index in [1.165, 1.54) is 0 Å². The molecule has 0 spiro atoms. The van der Waals surface area contributed by atoms with Gasteiger partial charge in [-0.1, -0.05) is 32.0 Å². The van der Waals surface area contributed by atoms with Gasteiger partial charge in [-0.15, -0.1) is 16.4 Å². The van der Waals surface area contributed by atoms with Crippen LogP contribution < -0.4 is 5.69 Å². The highest BCUT2D eigenvalue weighted by molar-refractivity contribution is 7.22. The fourth-order valence-electron chi connectivity index (χ4n) is 2.48. The maximum absolute atomic E-state index is 12.5. The second-order valence-electron chi connectivity index (χ2n) is 5.81. The Morgan fingerprint density at radius 2 is 2.09 bits per heavy atom. The van der Waals surface area contributed by atoms with Gasteiger partial charge in [-0.2, -0.15) is 0 Å². The van der Waals surface area contributed by atoms with Crippen molar-refractivity contribution >= 4 is 27.4 Å². The molecule has 7 heteroatoms. The number of thiophene rings is 1. The van der Waals surface area contributed by atoms with Gasteiger partial charge >= 0.3 is 11.7 Å². The van der Waals surface area contributed by atoms with Crippen molar-refractivity contribution in [3.05, 3.63) is 40.8 Å². The van der Waals surface area contributed by atoms with E-state index in [1.54, 1.807) is 15.9 Å². The first kappa shape index (κ1) is 15.5. The summed E-state index contributed by atoms with van der Waals surface area (Å²) in [5, 5.41) is 14.3. The number of hydrogen-bond acceptors (Lipinski definition) is 4. The van der Waals surface area contributed by atoms with Gasteiger partial charge in [0, 0.05) is 11.2 Å². The van der Waals surface area contributed by atoms with Crippen molar-refractivity contribution in [1.29, 1.82) is 0 Å². The first-order valence-electron chi connectivity index (χ1n) is 7.34. The van der Waals surface area contributed by atoms with Crippen LogP contribution in [0.25, 0.3) is 20.8 Å². The lowest BCUT2D eigenvalue weighted by atomic mass is 10.2. The molecule has 1 aromatic carbocycles. The summed E-state index contributed by atoms with van der Waals surface area (Å²) in [4.78, 5) is 24.3. The molecule has 1 N–H and O–H groups in total. The molecule has 0 saturated carbocycles. The zero-order valence-corrected chi connectivity index (χ0v) is 13.7. The van der Waals surface area contributed by atoms with Gasteiger partial charge in [0.1, 0.15) is 6.54 Å². The Morgan fingerprint density at radius 3 is 2.74 bits per heavy atom. The number of rotatable bonds is 5. The molecule has 2 heterocycles. The molecule has 2 aromatic heterocycles. The number of aliphatic carboxylic acids is 1. The Balaban J connectivity index is 2.16. The van der Waals surface area contributed by atoms with Crippen LogP contribution in [-0.4, -0.2) is 25.4 Å². The second kappa shape index (κ2) is 6.00. The average molecular weight is 331 g/mol. The van der Waals surface area contributed by atoms with Crippen molar-refractivity contribution < 1.29 is 9.90 Å². The van der Waals surface area contributed by atoms with E-state index in [0.717, 1.165) is 19.6 Å². The molecular weight excluding hydrogens is 314 g/mol. The number of fused-ring (bicyclic) bond motifs is 1. The number of carbonyl (C=O) groups is 1. The summed E-state index contributed by atoms with van der Waals surface area (Å²) in [5.74, 6) is -0.293. The summed E-state index contributed by atoms with van der Waals surface area (Å²) >= 11 is 1.55. The van der Waals surface area contributed by atoms with E-state index >= 15 is 0 Å². The zero-order chi connectivity index (χ0) is 16.6. The van der Waals surface area contributed by atoms with Crippen LogP contribution in [0.3, 0.4) is 0 Å². The topological polar surface area (TPSA) is 77.1 Å². The Hall–Kier alpha value is -2.41. The first-order valence-corrected chi connectivity index (χ1v) is 8.15. The molecule has 3 rings (SSSR count). The zero-order valence-electron chi connectivity index (χ0n) is 12.9. The summed E-state index contributed by atoms with van der Waals surface area (Å²) < 4.78 is 3.70. The molecule has 6 nitrogen and oxygen atoms in total. The molecule has 0 aliphatic carbocycles. The number of carboxylic acid groups (broad SMARTS) is 1. The Labute approximate surface area is 136 Å². The normalized spacial score (nSPS) is 11.4. The number of aromatic nitrogens is 3. The maximum atomic E-state index is 12.5. The predicted octanol–water partition coefficient (Wildman–Crippen LogP) is 2.67. The van der Waals surface area contributed by atoms with E-state index in [9.17, 15) is 9.59 Å². The first-order chi connectivity index (χ1) is 11.0. The standard InChI is InChI=1S/C16H17N3O3S/c1-10(2)8-18-15(17-19(16(18)22)9-14(20)21)13-7-11-5-3-4-6-12(11)23-13/h3-7,10H,8-9H2,1-2H3,(H,20,21). The van der Waals surface area contributed by atoms with Crippen LogP contribution >= 0.6 is 11.3 Å². The van der Waals surface area contributed by atoms with E-state index in [2.05, 4.69) is 5.10 Å². The summed E-state index contributed by atoms with van der Waals surface area (Å²) in [6.07, 6.45) is 0. The maximum Gasteiger partial charge on any atom is 0.346 e. The molecule has 0 fully saturated rings. The molecule has 0 aliphatic heterocycles. The third-order valence-corrected chi connectivity index (χ3v) is 4.51. The highest BCUT2D eigenvalue weighted by atomic mass is 32.1. The minimum atomic E-state index is -1.08. The van der Waals surface area contributed by atoms with Crippen LogP contribution in [0, 0.1) is 5.92 Å². The van der Waals surface area contributed by atoms with Crippen LogP contribution in [0.15, 0.2) is 35.1 Å². The van der Waals surface area contributed by atoms with Crippen molar-refractivity contribution in [3.63, 3.8) is 0 Å². The lowest BCUT2D eigenvalue weighted by Gasteiger charge is -2.06. The van der Waals surface area contributed by atoms with Gasteiger partial charge in [0.15, 0.2) is 5.82 Å². The van der Waals surface area contributed by atoms with Crippen LogP contribution in [0.5, 0.6) is 0 Å². The average Bonchev–Trinajstić information content (AvgIpc) is 3.02. The highest BCUT2D eigenvalue weighted by Crippen LogP contribution is 2.32. The number of hydrogen-bond donors (Lipinski definition) is 1. The van der Waals surface area contributed by atoms with Gasteiger partial charge in [-0.3, -0.25) is 9.36 Å². The minimum absolute atomic E-state index is 0.253. The minimum Gasteiger partial charge on any atom is -0.480 e. The summed E-state index contributed by atoms with van der Waals surface area (Å²) in [5.41, 5.74) is -0.381. The third kappa shape index (κ3) is 3.05. The fraction of sp³-hybridized carbons (Fsp3) is 0.312. The molecular formula is C16H17N3O3S. The van der Waals surface area contributed by atoms with Gasteiger partial charge in [0.05, 0.1) is 4.88 Å². The second-order valence-corrected chi connectivity index (χ2v) is 6.89. The van der Waals surface area contributed by atoms with Gasteiger partial charge in [-0.05, 0) is 23.4 Å². The van der Waals surface area contributed by atoms with E-state index < -0.39 is 12.5 Å². The molecule has 0 atom stereocenters. The van der Waals surface area contributed by atoms with Gasteiger partial charge in [0.25, 0.3) is 0 Å². The molecule has 0 saturated heterocycles. The van der Waals surface area contributed by atoms with Gasteiger partial charge in [-0.25, -0.2) is 9.48 Å². The van der Waals surface area contributed by atoms with Crippen molar-refractivity contribution in [2.24, 2.45) is 5.92 Å². The summed E-state index contributed by atoms with van der Waals surface area (Å²) in [6.45, 7) is 4.09. The van der Waals surface area contributed by atoms with E-state index in [4.69, 9.17) is 5.11 Å². The van der Waals surface area contributed by atoms with Gasteiger partial charge in [0.2, 0.25) is 0 Å². The Bertz CT molecular complexity index is 887. The summed E-state index contributed by atoms with van der Waals surface area (Å²) in [7, 11) is 0. The lowest BCUT2D eigenvalue weighted by molar-refractivity contribution is -0.137. The SMILES string of the molecule is CC(C)Cn1c(-c2cc3ccccc3s2)nn(CC(=O)O)c1=O. The van der Waals surface area contributed by atoms with Crippen molar-refractivity contribution in [2.45, 2.75) is 26.9 Å². The van der Waals surface area contributed by atoms with Crippen LogP contribution in [-0.2, 0) is 17.9 Å². The molecule has 0 amide bonds. The smallest absolute Gasteiger partial charge is 0.346 e. The molecule has 0 unspecified atom stereocenters. The molecule has 0 aliphatic rings. The molecule has 0 bridgehead atoms. The molecule has 3 aromatic rings. The fourth-order valence-corrected chi connectivity index (χ4v) is 3.53. The highest BCUT2D eigenvalue weighted by Gasteiger charge is 2.19. The van der Waals surface area contributed by atoms with Crippen LogP contribution in [0.2, 0.25) is 0 Å². The van der Waals surface area contributed by atoms with Crippen LogP contribution in [0.4, 0.5) is 0 Å². The monoisotopic (exact) mass is 331 g/mol. The Morgan fingerprint density at radius 1 is 1.35 bits per heavy atom. The third-order valence-electron chi connectivity index (χ3n) is 3.40. The molecule has 23 heavy (non-hydrogen) atoms. The quantitative estimate of drug-likeness (QED) is 0.780. The van der Waals surface area contributed by atoms with E-state index in [1.807, 2.05) is 44.2 Å². The van der Waals surface area contributed by atoms with Crippen molar-refractivity contribution in [3.8, 4) is 10.7 Å². The number of carboxylic acids is 1. The largest absolute Gasteiger partial charge is 0.480 e. The van der Waals surface area contributed by atoms with E-state index in [-0.39, 0.29) is 11.6 Å². The number of benzene rings is 1. The van der Waals surface area contributed by atoms with Crippen LogP contribution in [0.1, 0.15) is 13.8 Å². The predicted molar refractivity (Wildman–Crippen MR) is 89.8 cm³/mol. The van der Waals surface area contributed by atoms with E-state index in [0.29, 0.717) is 12.4 Å².